The van der Waals surface area contributed by atoms with Gasteiger partial charge in [-0.15, -0.1) is 10.2 Å². The molecule has 0 aliphatic heterocycles. The number of anilines is 1. The van der Waals surface area contributed by atoms with Crippen LogP contribution in [0.5, 0.6) is 5.75 Å². The molecular weight excluding hydrogens is 372 g/mol. The zero-order valence-electron chi connectivity index (χ0n) is 16.3. The fourth-order valence-electron chi connectivity index (χ4n) is 2.78. The molecule has 146 valence electrons. The van der Waals surface area contributed by atoms with Crippen LogP contribution in [0.25, 0.3) is 0 Å². The fourth-order valence-corrected chi connectivity index (χ4v) is 3.56. The van der Waals surface area contributed by atoms with Gasteiger partial charge in [0, 0.05) is 18.8 Å². The number of carbonyl (C=O) groups is 1. The molecule has 0 fully saturated rings. The standard InChI is InChI=1S/C21H24N4O2S/c1-16(2)25(17-10-6-4-7-11-17)20(26)15-28-21-23-22-19(24(21)3)14-27-18-12-8-5-9-13-18/h4-13,16H,14-15H2,1-3H3. The van der Waals surface area contributed by atoms with Gasteiger partial charge < -0.3 is 14.2 Å². The summed E-state index contributed by atoms with van der Waals surface area (Å²) in [5.41, 5.74) is 0.901. The molecule has 1 aromatic heterocycles. The number of aromatic nitrogens is 3. The van der Waals surface area contributed by atoms with Crippen LogP contribution in [-0.4, -0.2) is 32.5 Å². The maximum atomic E-state index is 12.8. The maximum absolute atomic E-state index is 12.8. The van der Waals surface area contributed by atoms with Gasteiger partial charge in [0.15, 0.2) is 11.0 Å². The van der Waals surface area contributed by atoms with Gasteiger partial charge in [-0.3, -0.25) is 4.79 Å². The van der Waals surface area contributed by atoms with Gasteiger partial charge >= 0.3 is 0 Å². The Hall–Kier alpha value is -2.80. The van der Waals surface area contributed by atoms with E-state index in [1.807, 2.05) is 91.0 Å². The van der Waals surface area contributed by atoms with Crippen molar-refractivity contribution < 1.29 is 9.53 Å². The predicted molar refractivity (Wildman–Crippen MR) is 112 cm³/mol. The lowest BCUT2D eigenvalue weighted by atomic mass is 10.2. The summed E-state index contributed by atoms with van der Waals surface area (Å²) >= 11 is 1.38. The minimum atomic E-state index is 0.0382. The van der Waals surface area contributed by atoms with Crippen LogP contribution in [0.2, 0.25) is 0 Å². The van der Waals surface area contributed by atoms with Gasteiger partial charge in [0.2, 0.25) is 5.91 Å². The summed E-state index contributed by atoms with van der Waals surface area (Å²) in [5, 5.41) is 9.08. The summed E-state index contributed by atoms with van der Waals surface area (Å²) in [6, 6.07) is 19.4. The van der Waals surface area contributed by atoms with Crippen LogP contribution in [0.1, 0.15) is 19.7 Å². The number of ether oxygens (including phenoxy) is 1. The van der Waals surface area contributed by atoms with Crippen LogP contribution < -0.4 is 9.64 Å². The molecule has 0 saturated heterocycles. The highest BCUT2D eigenvalue weighted by atomic mass is 32.2. The molecule has 0 aliphatic carbocycles. The Bertz CT molecular complexity index is 897. The molecule has 0 saturated carbocycles. The van der Waals surface area contributed by atoms with E-state index in [1.165, 1.54) is 11.8 Å². The molecule has 0 radical (unpaired) electrons. The van der Waals surface area contributed by atoms with Crippen LogP contribution in [0.4, 0.5) is 5.69 Å². The van der Waals surface area contributed by atoms with Crippen molar-refractivity contribution in [3.8, 4) is 5.75 Å². The Morgan fingerprint density at radius 3 is 2.36 bits per heavy atom. The molecule has 3 rings (SSSR count). The van der Waals surface area contributed by atoms with Crippen molar-refractivity contribution in [3.05, 3.63) is 66.5 Å². The van der Waals surface area contributed by atoms with E-state index < -0.39 is 0 Å². The van der Waals surface area contributed by atoms with Crippen LogP contribution in [-0.2, 0) is 18.4 Å². The maximum Gasteiger partial charge on any atom is 0.237 e. The van der Waals surface area contributed by atoms with Crippen LogP contribution in [0.15, 0.2) is 65.8 Å². The Balaban J connectivity index is 1.61. The smallest absolute Gasteiger partial charge is 0.237 e. The first-order valence-corrected chi connectivity index (χ1v) is 10.1. The molecule has 0 atom stereocenters. The lowest BCUT2D eigenvalue weighted by Gasteiger charge is -2.26. The Morgan fingerprint density at radius 1 is 1.07 bits per heavy atom. The number of hydrogen-bond donors (Lipinski definition) is 0. The molecular formula is C21H24N4O2S. The van der Waals surface area contributed by atoms with E-state index >= 15 is 0 Å². The minimum absolute atomic E-state index is 0.0382. The molecule has 7 heteroatoms. The first-order valence-electron chi connectivity index (χ1n) is 9.12. The van der Waals surface area contributed by atoms with Crippen LogP contribution in [0, 0.1) is 0 Å². The van der Waals surface area contributed by atoms with E-state index in [1.54, 1.807) is 0 Å². The SMILES string of the molecule is CC(C)N(C(=O)CSc1nnc(COc2ccccc2)n1C)c1ccccc1. The van der Waals surface area contributed by atoms with Crippen molar-refractivity contribution in [1.82, 2.24) is 14.8 Å². The van der Waals surface area contributed by atoms with Crippen LogP contribution >= 0.6 is 11.8 Å². The highest BCUT2D eigenvalue weighted by Crippen LogP contribution is 2.21. The number of nitrogens with zero attached hydrogens (tertiary/aromatic N) is 4. The van der Waals surface area contributed by atoms with E-state index in [-0.39, 0.29) is 11.9 Å². The number of thioether (sulfide) groups is 1. The molecule has 2 aromatic carbocycles. The zero-order chi connectivity index (χ0) is 19.9. The number of rotatable bonds is 8. The second-order valence-corrected chi connectivity index (χ2v) is 7.48. The van der Waals surface area contributed by atoms with Crippen molar-refractivity contribution in [1.29, 1.82) is 0 Å². The van der Waals surface area contributed by atoms with E-state index in [0.717, 1.165) is 11.4 Å². The van der Waals surface area contributed by atoms with Gasteiger partial charge in [0.05, 0.1) is 5.75 Å². The third kappa shape index (κ3) is 4.92. The number of hydrogen-bond acceptors (Lipinski definition) is 5. The average Bonchev–Trinajstić information content (AvgIpc) is 3.06. The molecule has 0 spiro atoms. The third-order valence-corrected chi connectivity index (χ3v) is 5.19. The lowest BCUT2D eigenvalue weighted by Crippen LogP contribution is -2.38. The molecule has 0 aliphatic rings. The third-order valence-electron chi connectivity index (χ3n) is 4.18. The summed E-state index contributed by atoms with van der Waals surface area (Å²) in [5.74, 6) is 1.82. The van der Waals surface area contributed by atoms with E-state index in [0.29, 0.717) is 23.3 Å². The molecule has 6 nitrogen and oxygen atoms in total. The summed E-state index contributed by atoms with van der Waals surface area (Å²) in [6.45, 7) is 4.35. The van der Waals surface area contributed by atoms with Crippen molar-refractivity contribution in [3.63, 3.8) is 0 Å². The van der Waals surface area contributed by atoms with Crippen molar-refractivity contribution in [2.45, 2.75) is 31.7 Å². The Morgan fingerprint density at radius 2 is 1.71 bits per heavy atom. The molecule has 28 heavy (non-hydrogen) atoms. The number of amides is 1. The first-order chi connectivity index (χ1) is 13.6. The van der Waals surface area contributed by atoms with E-state index in [9.17, 15) is 4.79 Å². The molecule has 0 N–H and O–H groups in total. The molecule has 1 heterocycles. The minimum Gasteiger partial charge on any atom is -0.486 e. The largest absolute Gasteiger partial charge is 0.486 e. The monoisotopic (exact) mass is 396 g/mol. The quantitative estimate of drug-likeness (QED) is 0.540. The van der Waals surface area contributed by atoms with Crippen molar-refractivity contribution >= 4 is 23.4 Å². The number of para-hydroxylation sites is 2. The van der Waals surface area contributed by atoms with Gasteiger partial charge in [0.1, 0.15) is 12.4 Å². The lowest BCUT2D eigenvalue weighted by molar-refractivity contribution is -0.116. The highest BCUT2D eigenvalue weighted by Gasteiger charge is 2.20. The predicted octanol–water partition coefficient (Wildman–Crippen LogP) is 3.93. The van der Waals surface area contributed by atoms with Gasteiger partial charge in [-0.05, 0) is 38.1 Å². The Kier molecular flexibility index (Phi) is 6.71. The average molecular weight is 397 g/mol. The van der Waals surface area contributed by atoms with Crippen molar-refractivity contribution in [2.24, 2.45) is 7.05 Å². The second kappa shape index (κ2) is 9.41. The number of carbonyl (C=O) groups excluding carboxylic acids is 1. The van der Waals surface area contributed by atoms with E-state index in [2.05, 4.69) is 10.2 Å². The van der Waals surface area contributed by atoms with E-state index in [4.69, 9.17) is 4.74 Å². The molecule has 3 aromatic rings. The molecule has 1 amide bonds. The van der Waals surface area contributed by atoms with Gasteiger partial charge in [-0.25, -0.2) is 0 Å². The highest BCUT2D eigenvalue weighted by molar-refractivity contribution is 7.99. The second-order valence-electron chi connectivity index (χ2n) is 6.54. The van der Waals surface area contributed by atoms with Gasteiger partial charge in [-0.2, -0.15) is 0 Å². The summed E-state index contributed by atoms with van der Waals surface area (Å²) in [4.78, 5) is 14.6. The first kappa shape index (κ1) is 19.9. The molecule has 0 unspecified atom stereocenters. The van der Waals surface area contributed by atoms with Gasteiger partial charge in [0.25, 0.3) is 0 Å². The summed E-state index contributed by atoms with van der Waals surface area (Å²) in [7, 11) is 1.88. The number of benzene rings is 2. The topological polar surface area (TPSA) is 60.3 Å². The zero-order valence-corrected chi connectivity index (χ0v) is 17.1. The fraction of sp³-hybridized carbons (Fsp3) is 0.286. The normalized spacial score (nSPS) is 10.9. The molecule has 0 bridgehead atoms. The van der Waals surface area contributed by atoms with Crippen LogP contribution in [0.3, 0.4) is 0 Å². The summed E-state index contributed by atoms with van der Waals surface area (Å²) in [6.07, 6.45) is 0. The van der Waals surface area contributed by atoms with Crippen molar-refractivity contribution in [2.75, 3.05) is 10.7 Å². The Labute approximate surface area is 169 Å². The van der Waals surface area contributed by atoms with Gasteiger partial charge in [-0.1, -0.05) is 48.2 Å². The summed E-state index contributed by atoms with van der Waals surface area (Å²) < 4.78 is 7.60.